The van der Waals surface area contributed by atoms with E-state index in [4.69, 9.17) is 4.74 Å². The summed E-state index contributed by atoms with van der Waals surface area (Å²) in [6.07, 6.45) is 11.9. The first kappa shape index (κ1) is 17.8. The predicted octanol–water partition coefficient (Wildman–Crippen LogP) is 2.21. The highest BCUT2D eigenvalue weighted by Crippen LogP contribution is 2.20. The van der Waals surface area contributed by atoms with Crippen molar-refractivity contribution in [1.29, 1.82) is 0 Å². The molecule has 0 aliphatic heterocycles. The van der Waals surface area contributed by atoms with Crippen LogP contribution in [0.5, 0.6) is 0 Å². The second-order valence-corrected chi connectivity index (χ2v) is 6.13. The quantitative estimate of drug-likeness (QED) is 0.438. The lowest BCUT2D eigenvalue weighted by molar-refractivity contribution is 0.0277. The van der Waals surface area contributed by atoms with Crippen molar-refractivity contribution in [3.63, 3.8) is 0 Å². The number of aryl methyl sites for hydroxylation is 1. The van der Waals surface area contributed by atoms with Gasteiger partial charge in [0.05, 0.1) is 18.8 Å². The van der Waals surface area contributed by atoms with E-state index >= 15 is 0 Å². The standard InChI is InChI=1S/C17H31N5O/c1-3-18-17(20-12-15-13-21-22(2)14-15)19-10-7-11-23-16-8-5-4-6-9-16/h13-14,16H,3-12H2,1-2H3,(H2,18,19,20). The summed E-state index contributed by atoms with van der Waals surface area (Å²) in [6.45, 7) is 5.29. The Morgan fingerprint density at radius 1 is 1.35 bits per heavy atom. The lowest BCUT2D eigenvalue weighted by Gasteiger charge is -2.22. The van der Waals surface area contributed by atoms with Gasteiger partial charge in [-0.05, 0) is 26.2 Å². The monoisotopic (exact) mass is 321 g/mol. The Morgan fingerprint density at radius 2 is 2.17 bits per heavy atom. The molecule has 1 aromatic heterocycles. The molecule has 2 rings (SSSR count). The zero-order chi connectivity index (χ0) is 16.3. The van der Waals surface area contributed by atoms with E-state index in [-0.39, 0.29) is 0 Å². The zero-order valence-corrected chi connectivity index (χ0v) is 14.6. The van der Waals surface area contributed by atoms with E-state index in [0.29, 0.717) is 12.6 Å². The number of aromatic nitrogens is 2. The van der Waals surface area contributed by atoms with Crippen molar-refractivity contribution >= 4 is 5.96 Å². The maximum atomic E-state index is 5.95. The van der Waals surface area contributed by atoms with Gasteiger partial charge in [-0.15, -0.1) is 0 Å². The van der Waals surface area contributed by atoms with Crippen LogP contribution in [0.25, 0.3) is 0 Å². The van der Waals surface area contributed by atoms with Crippen LogP contribution >= 0.6 is 0 Å². The normalized spacial score (nSPS) is 16.5. The summed E-state index contributed by atoms with van der Waals surface area (Å²) in [5, 5.41) is 10.8. The lowest BCUT2D eigenvalue weighted by Crippen LogP contribution is -2.38. The van der Waals surface area contributed by atoms with E-state index in [1.54, 1.807) is 4.68 Å². The van der Waals surface area contributed by atoms with Crippen molar-refractivity contribution in [1.82, 2.24) is 20.4 Å². The van der Waals surface area contributed by atoms with E-state index in [1.807, 2.05) is 19.4 Å². The summed E-state index contributed by atoms with van der Waals surface area (Å²) in [4.78, 5) is 4.58. The van der Waals surface area contributed by atoms with Crippen LogP contribution in [-0.4, -0.2) is 41.5 Å². The van der Waals surface area contributed by atoms with E-state index in [9.17, 15) is 0 Å². The summed E-state index contributed by atoms with van der Waals surface area (Å²) in [5.41, 5.74) is 1.12. The molecule has 0 amide bonds. The first-order valence-corrected chi connectivity index (χ1v) is 8.89. The van der Waals surface area contributed by atoms with E-state index < -0.39 is 0 Å². The highest BCUT2D eigenvalue weighted by atomic mass is 16.5. The molecule has 1 aliphatic rings. The van der Waals surface area contributed by atoms with Crippen molar-refractivity contribution in [2.45, 2.75) is 58.1 Å². The molecule has 0 aromatic carbocycles. The molecule has 1 saturated carbocycles. The van der Waals surface area contributed by atoms with Crippen molar-refractivity contribution in [3.05, 3.63) is 18.0 Å². The van der Waals surface area contributed by atoms with Gasteiger partial charge in [0.2, 0.25) is 0 Å². The number of aliphatic imine (C=N–C) groups is 1. The SMILES string of the molecule is CCNC(=NCc1cnn(C)c1)NCCCOC1CCCCC1. The number of guanidine groups is 1. The van der Waals surface area contributed by atoms with Gasteiger partial charge in [-0.3, -0.25) is 4.68 Å². The fourth-order valence-corrected chi connectivity index (χ4v) is 2.83. The summed E-state index contributed by atoms with van der Waals surface area (Å²) in [7, 11) is 1.92. The number of nitrogens with zero attached hydrogens (tertiary/aromatic N) is 3. The number of ether oxygens (including phenoxy) is 1. The van der Waals surface area contributed by atoms with Crippen LogP contribution in [-0.2, 0) is 18.3 Å². The first-order chi connectivity index (χ1) is 11.3. The molecule has 6 nitrogen and oxygen atoms in total. The maximum absolute atomic E-state index is 5.95. The van der Waals surface area contributed by atoms with E-state index in [0.717, 1.165) is 37.6 Å². The Balaban J connectivity index is 1.63. The van der Waals surface area contributed by atoms with Gasteiger partial charge in [-0.25, -0.2) is 4.99 Å². The minimum Gasteiger partial charge on any atom is -0.378 e. The van der Waals surface area contributed by atoms with E-state index in [1.165, 1.54) is 32.1 Å². The predicted molar refractivity (Wildman–Crippen MR) is 93.5 cm³/mol. The third-order valence-electron chi connectivity index (χ3n) is 4.04. The Bertz CT molecular complexity index is 465. The maximum Gasteiger partial charge on any atom is 0.191 e. The van der Waals surface area contributed by atoms with Crippen LogP contribution in [0.15, 0.2) is 17.4 Å². The van der Waals surface area contributed by atoms with E-state index in [2.05, 4.69) is 27.6 Å². The molecule has 0 atom stereocenters. The summed E-state index contributed by atoms with van der Waals surface area (Å²) < 4.78 is 7.74. The topological polar surface area (TPSA) is 63.5 Å². The molecular weight excluding hydrogens is 290 g/mol. The van der Waals surface area contributed by atoms with Gasteiger partial charge in [0.1, 0.15) is 0 Å². The lowest BCUT2D eigenvalue weighted by atomic mass is 9.98. The molecular formula is C17H31N5O. The second kappa shape index (κ2) is 10.3. The fraction of sp³-hybridized carbons (Fsp3) is 0.765. The summed E-state index contributed by atoms with van der Waals surface area (Å²) >= 11 is 0. The number of nitrogens with one attached hydrogen (secondary N) is 2. The molecule has 1 aliphatic carbocycles. The smallest absolute Gasteiger partial charge is 0.191 e. The van der Waals surface area contributed by atoms with Gasteiger partial charge >= 0.3 is 0 Å². The number of hydrogen-bond acceptors (Lipinski definition) is 3. The first-order valence-electron chi connectivity index (χ1n) is 8.89. The van der Waals surface area contributed by atoms with Crippen LogP contribution in [0.1, 0.15) is 51.0 Å². The molecule has 0 radical (unpaired) electrons. The van der Waals surface area contributed by atoms with Crippen molar-refractivity contribution < 1.29 is 4.74 Å². The number of hydrogen-bond donors (Lipinski definition) is 2. The molecule has 23 heavy (non-hydrogen) atoms. The van der Waals surface area contributed by atoms with Gasteiger partial charge in [0, 0.05) is 38.5 Å². The van der Waals surface area contributed by atoms with Crippen LogP contribution in [0.3, 0.4) is 0 Å². The molecule has 1 heterocycles. The second-order valence-electron chi connectivity index (χ2n) is 6.13. The average Bonchev–Trinajstić information content (AvgIpc) is 2.98. The minimum atomic E-state index is 0.497. The Labute approximate surface area is 139 Å². The van der Waals surface area contributed by atoms with Crippen LogP contribution in [0.4, 0.5) is 0 Å². The highest BCUT2D eigenvalue weighted by Gasteiger charge is 2.12. The molecule has 0 spiro atoms. The van der Waals surface area contributed by atoms with Gasteiger partial charge in [0.15, 0.2) is 5.96 Å². The largest absolute Gasteiger partial charge is 0.378 e. The molecule has 0 saturated heterocycles. The van der Waals surface area contributed by atoms with Crippen molar-refractivity contribution in [3.8, 4) is 0 Å². The molecule has 1 aromatic rings. The Morgan fingerprint density at radius 3 is 2.87 bits per heavy atom. The average molecular weight is 321 g/mol. The molecule has 1 fully saturated rings. The van der Waals surface area contributed by atoms with Crippen molar-refractivity contribution in [2.75, 3.05) is 19.7 Å². The third kappa shape index (κ3) is 7.03. The molecule has 0 bridgehead atoms. The van der Waals surface area contributed by atoms with Gasteiger partial charge in [-0.1, -0.05) is 19.3 Å². The Kier molecular flexibility index (Phi) is 7.93. The van der Waals surface area contributed by atoms with Crippen LogP contribution < -0.4 is 10.6 Å². The molecule has 2 N–H and O–H groups in total. The third-order valence-corrected chi connectivity index (χ3v) is 4.04. The van der Waals surface area contributed by atoms with Gasteiger partial charge in [0.25, 0.3) is 0 Å². The summed E-state index contributed by atoms with van der Waals surface area (Å²) in [6, 6.07) is 0. The highest BCUT2D eigenvalue weighted by molar-refractivity contribution is 5.79. The fourth-order valence-electron chi connectivity index (χ4n) is 2.83. The van der Waals surface area contributed by atoms with Gasteiger partial charge in [-0.2, -0.15) is 5.10 Å². The molecule has 0 unspecified atom stereocenters. The minimum absolute atomic E-state index is 0.497. The molecule has 6 heteroatoms. The summed E-state index contributed by atoms with van der Waals surface area (Å²) in [5.74, 6) is 0.856. The molecule has 130 valence electrons. The van der Waals surface area contributed by atoms with Gasteiger partial charge < -0.3 is 15.4 Å². The zero-order valence-electron chi connectivity index (χ0n) is 14.6. The van der Waals surface area contributed by atoms with Crippen molar-refractivity contribution in [2.24, 2.45) is 12.0 Å². The van der Waals surface area contributed by atoms with Crippen LogP contribution in [0, 0.1) is 0 Å². The van der Waals surface area contributed by atoms with Crippen LogP contribution in [0.2, 0.25) is 0 Å². The number of rotatable bonds is 8. The Hall–Kier alpha value is -1.56.